The number of rotatable bonds is 5. The van der Waals surface area contributed by atoms with E-state index in [-0.39, 0.29) is 6.10 Å². The maximum atomic E-state index is 6.62. The molecule has 6 nitrogen and oxygen atoms in total. The van der Waals surface area contributed by atoms with Crippen LogP contribution in [0.3, 0.4) is 0 Å². The average molecular weight is 388 g/mol. The average Bonchev–Trinajstić information content (AvgIpc) is 2.62. The predicted octanol–water partition coefficient (Wildman–Crippen LogP) is 4.65. The van der Waals surface area contributed by atoms with Gasteiger partial charge in [-0.25, -0.2) is 9.97 Å². The van der Waals surface area contributed by atoms with Crippen LogP contribution in [0.25, 0.3) is 22.0 Å². The Balaban J connectivity index is 2.34. The van der Waals surface area contributed by atoms with E-state index in [1.165, 1.54) is 0 Å². The van der Waals surface area contributed by atoms with Crippen LogP contribution >= 0.6 is 11.6 Å². The molecule has 0 radical (unpaired) electrons. The summed E-state index contributed by atoms with van der Waals surface area (Å²) >= 11 is 6.62. The molecular formula is C20H22ClN3O3. The summed E-state index contributed by atoms with van der Waals surface area (Å²) in [7, 11) is 3.17. The van der Waals surface area contributed by atoms with Crippen molar-refractivity contribution in [2.24, 2.45) is 0 Å². The monoisotopic (exact) mass is 387 g/mol. The highest BCUT2D eigenvalue weighted by Gasteiger charge is 2.20. The van der Waals surface area contributed by atoms with Gasteiger partial charge >= 0.3 is 0 Å². The van der Waals surface area contributed by atoms with Gasteiger partial charge in [-0.1, -0.05) is 11.6 Å². The number of fused-ring (bicyclic) bond motifs is 1. The number of hydrogen-bond acceptors (Lipinski definition) is 6. The molecule has 0 amide bonds. The molecule has 0 aliphatic heterocycles. The third-order valence-corrected chi connectivity index (χ3v) is 4.56. The van der Waals surface area contributed by atoms with E-state index in [4.69, 9.17) is 36.5 Å². The Kier molecular flexibility index (Phi) is 5.28. The van der Waals surface area contributed by atoms with Crippen LogP contribution in [-0.2, 0) is 0 Å². The van der Waals surface area contributed by atoms with Crippen molar-refractivity contribution < 1.29 is 14.2 Å². The van der Waals surface area contributed by atoms with Gasteiger partial charge in [0.05, 0.1) is 31.0 Å². The molecule has 7 heteroatoms. The number of hydrogen-bond donors (Lipinski definition) is 1. The van der Waals surface area contributed by atoms with E-state index in [9.17, 15) is 0 Å². The maximum Gasteiger partial charge on any atom is 0.222 e. The largest absolute Gasteiger partial charge is 0.496 e. The number of halogens is 1. The van der Waals surface area contributed by atoms with E-state index < -0.39 is 0 Å². The van der Waals surface area contributed by atoms with E-state index >= 15 is 0 Å². The minimum Gasteiger partial charge on any atom is -0.496 e. The molecule has 0 saturated heterocycles. The van der Waals surface area contributed by atoms with Crippen molar-refractivity contribution in [1.82, 2.24) is 9.97 Å². The van der Waals surface area contributed by atoms with Crippen molar-refractivity contribution in [3.63, 3.8) is 0 Å². The van der Waals surface area contributed by atoms with Crippen LogP contribution in [0.1, 0.15) is 19.4 Å². The minimum atomic E-state index is -0.0539. The lowest BCUT2D eigenvalue weighted by atomic mass is 10.0. The second-order valence-electron chi connectivity index (χ2n) is 6.40. The Bertz CT molecular complexity index is 977. The molecule has 0 atom stereocenters. The van der Waals surface area contributed by atoms with Gasteiger partial charge in [0, 0.05) is 34.2 Å². The molecule has 2 heterocycles. The highest BCUT2D eigenvalue weighted by atomic mass is 35.5. The highest BCUT2D eigenvalue weighted by molar-refractivity contribution is 6.35. The Morgan fingerprint density at radius 2 is 1.78 bits per heavy atom. The van der Waals surface area contributed by atoms with Crippen molar-refractivity contribution in [3.8, 4) is 28.6 Å². The van der Waals surface area contributed by atoms with Gasteiger partial charge < -0.3 is 19.9 Å². The lowest BCUT2D eigenvalue weighted by Gasteiger charge is -2.18. The Hall–Kier alpha value is -2.73. The molecule has 0 bridgehead atoms. The van der Waals surface area contributed by atoms with E-state index in [2.05, 4.69) is 4.98 Å². The minimum absolute atomic E-state index is 0.0539. The fraction of sp³-hybridized carbons (Fsp3) is 0.300. The van der Waals surface area contributed by atoms with Gasteiger partial charge in [0.2, 0.25) is 5.88 Å². The molecule has 142 valence electrons. The molecule has 1 aromatic carbocycles. The van der Waals surface area contributed by atoms with Crippen LogP contribution in [0.4, 0.5) is 5.82 Å². The van der Waals surface area contributed by atoms with E-state index in [0.717, 1.165) is 21.9 Å². The molecule has 3 rings (SSSR count). The van der Waals surface area contributed by atoms with Crippen LogP contribution in [0.5, 0.6) is 17.4 Å². The zero-order chi connectivity index (χ0) is 19.7. The first kappa shape index (κ1) is 19.0. The smallest absolute Gasteiger partial charge is 0.222 e. The maximum absolute atomic E-state index is 6.62. The number of benzene rings is 1. The van der Waals surface area contributed by atoms with Crippen LogP contribution < -0.4 is 19.9 Å². The molecule has 0 aliphatic rings. The molecule has 0 fully saturated rings. The molecule has 0 unspecified atom stereocenters. The summed E-state index contributed by atoms with van der Waals surface area (Å²) in [4.78, 5) is 8.91. The molecule has 2 N–H and O–H groups in total. The molecule has 27 heavy (non-hydrogen) atoms. The normalized spacial score (nSPS) is 11.1. The molecule has 0 spiro atoms. The van der Waals surface area contributed by atoms with Gasteiger partial charge in [0.1, 0.15) is 17.3 Å². The zero-order valence-electron chi connectivity index (χ0n) is 16.0. The van der Waals surface area contributed by atoms with Crippen LogP contribution in [0.15, 0.2) is 24.4 Å². The number of pyridine rings is 2. The lowest BCUT2D eigenvalue weighted by Crippen LogP contribution is -2.08. The van der Waals surface area contributed by atoms with Gasteiger partial charge in [-0.05, 0) is 32.9 Å². The fourth-order valence-corrected chi connectivity index (χ4v) is 3.31. The van der Waals surface area contributed by atoms with E-state index in [1.807, 2.05) is 26.8 Å². The summed E-state index contributed by atoms with van der Waals surface area (Å²) in [5.41, 5.74) is 8.07. The third-order valence-electron chi connectivity index (χ3n) is 4.19. The first-order valence-corrected chi connectivity index (χ1v) is 8.87. The number of aromatic nitrogens is 2. The Labute approximate surface area is 163 Å². The first-order valence-electron chi connectivity index (χ1n) is 8.50. The highest BCUT2D eigenvalue weighted by Crippen LogP contribution is 2.43. The van der Waals surface area contributed by atoms with E-state index in [0.29, 0.717) is 33.9 Å². The summed E-state index contributed by atoms with van der Waals surface area (Å²) in [5, 5.41) is 2.10. The predicted molar refractivity (Wildman–Crippen MR) is 108 cm³/mol. The van der Waals surface area contributed by atoms with Gasteiger partial charge in [0.25, 0.3) is 0 Å². The fourth-order valence-electron chi connectivity index (χ4n) is 2.94. The number of nitrogens with two attached hydrogens (primary N) is 1. The molecule has 2 aromatic heterocycles. The van der Waals surface area contributed by atoms with Crippen molar-refractivity contribution in [3.05, 3.63) is 35.0 Å². The Morgan fingerprint density at radius 3 is 2.41 bits per heavy atom. The topological polar surface area (TPSA) is 79.5 Å². The van der Waals surface area contributed by atoms with Crippen molar-refractivity contribution >= 4 is 28.2 Å². The lowest BCUT2D eigenvalue weighted by molar-refractivity contribution is 0.236. The summed E-state index contributed by atoms with van der Waals surface area (Å²) in [5.74, 6) is 2.06. The van der Waals surface area contributed by atoms with Crippen LogP contribution in [0.2, 0.25) is 5.02 Å². The van der Waals surface area contributed by atoms with Crippen molar-refractivity contribution in [2.45, 2.75) is 26.9 Å². The number of nitrogens with zero attached hydrogens (tertiary/aromatic N) is 2. The summed E-state index contributed by atoms with van der Waals surface area (Å²) < 4.78 is 16.8. The second-order valence-corrected chi connectivity index (χ2v) is 6.78. The summed E-state index contributed by atoms with van der Waals surface area (Å²) in [6.07, 6.45) is 1.64. The van der Waals surface area contributed by atoms with Gasteiger partial charge in [0.15, 0.2) is 0 Å². The quantitative estimate of drug-likeness (QED) is 0.686. The number of methoxy groups -OCH3 is 2. The first-order chi connectivity index (χ1) is 12.8. The van der Waals surface area contributed by atoms with Crippen molar-refractivity contribution in [1.29, 1.82) is 0 Å². The number of ether oxygens (including phenoxy) is 3. The Morgan fingerprint density at radius 1 is 1.07 bits per heavy atom. The molecule has 3 aromatic rings. The van der Waals surface area contributed by atoms with Gasteiger partial charge in [-0.2, -0.15) is 0 Å². The van der Waals surface area contributed by atoms with Crippen LogP contribution in [0, 0.1) is 6.92 Å². The molecule has 0 aliphatic carbocycles. The van der Waals surface area contributed by atoms with E-state index in [1.54, 1.807) is 32.5 Å². The SMILES string of the molecule is COc1cc(OC)c(Cl)c(-c2cc3cnc(N)cc3c(OC(C)C)n2)c1C. The zero-order valence-corrected chi connectivity index (χ0v) is 16.7. The summed E-state index contributed by atoms with van der Waals surface area (Å²) in [6, 6.07) is 5.42. The van der Waals surface area contributed by atoms with Crippen LogP contribution in [-0.4, -0.2) is 30.3 Å². The number of nitrogen functional groups attached to an aromatic ring is 1. The summed E-state index contributed by atoms with van der Waals surface area (Å²) in [6.45, 7) is 5.81. The molecular weight excluding hydrogens is 366 g/mol. The van der Waals surface area contributed by atoms with Gasteiger partial charge in [-0.3, -0.25) is 0 Å². The number of anilines is 1. The third kappa shape index (κ3) is 3.57. The standard InChI is InChI=1S/C20H22ClN3O3/c1-10(2)27-20-13-7-17(22)23-9-12(13)6-14(24-20)18-11(3)15(25-4)8-16(26-5)19(18)21/h6-10H,1-5H3,(H2,22,23). The van der Waals surface area contributed by atoms with Gasteiger partial charge in [-0.15, -0.1) is 0 Å². The van der Waals surface area contributed by atoms with Crippen molar-refractivity contribution in [2.75, 3.05) is 20.0 Å². The molecule has 0 saturated carbocycles. The second kappa shape index (κ2) is 7.48.